The molecule has 1 saturated heterocycles. The largest absolute Gasteiger partial charge is 0.336 e. The summed E-state index contributed by atoms with van der Waals surface area (Å²) in [5, 5.41) is 3.04. The van der Waals surface area contributed by atoms with Crippen LogP contribution in [0, 0.1) is 0 Å². The molecule has 6 nitrogen and oxygen atoms in total. The molecule has 0 spiro atoms. The van der Waals surface area contributed by atoms with Gasteiger partial charge in [-0.1, -0.05) is 32.0 Å². The van der Waals surface area contributed by atoms with Gasteiger partial charge in [-0.3, -0.25) is 9.59 Å². The Bertz CT molecular complexity index is 894. The molecule has 0 atom stereocenters. The van der Waals surface area contributed by atoms with Gasteiger partial charge in [0, 0.05) is 25.3 Å². The number of amides is 2. The lowest BCUT2D eigenvalue weighted by atomic mass is 10.0. The van der Waals surface area contributed by atoms with Gasteiger partial charge in [0.1, 0.15) is 0 Å². The van der Waals surface area contributed by atoms with Crippen LogP contribution in [0.25, 0.3) is 0 Å². The predicted molar refractivity (Wildman–Crippen MR) is 109 cm³/mol. The zero-order chi connectivity index (χ0) is 19.7. The van der Waals surface area contributed by atoms with Crippen LogP contribution in [0.4, 0.5) is 5.69 Å². The summed E-state index contributed by atoms with van der Waals surface area (Å²) in [5.74, 6) is 0.472. The van der Waals surface area contributed by atoms with E-state index in [-0.39, 0.29) is 11.8 Å². The number of imidazole rings is 1. The number of fused-ring (bicyclic) bond motifs is 1. The molecule has 0 radical (unpaired) electrons. The molecule has 2 aliphatic heterocycles. The van der Waals surface area contributed by atoms with E-state index in [0.717, 1.165) is 68.7 Å². The van der Waals surface area contributed by atoms with Crippen molar-refractivity contribution >= 4 is 17.5 Å². The van der Waals surface area contributed by atoms with Crippen LogP contribution in [0.15, 0.2) is 24.3 Å². The Morgan fingerprint density at radius 2 is 1.75 bits per heavy atom. The minimum Gasteiger partial charge on any atom is -0.336 e. The van der Waals surface area contributed by atoms with E-state index in [2.05, 4.69) is 24.1 Å². The van der Waals surface area contributed by atoms with Gasteiger partial charge in [-0.05, 0) is 49.7 Å². The summed E-state index contributed by atoms with van der Waals surface area (Å²) in [4.78, 5) is 32.5. The number of anilines is 1. The zero-order valence-electron chi connectivity index (χ0n) is 16.7. The fourth-order valence-corrected chi connectivity index (χ4v) is 4.25. The first-order valence-electron chi connectivity index (χ1n) is 10.3. The first-order valence-corrected chi connectivity index (χ1v) is 10.3. The highest BCUT2D eigenvalue weighted by Crippen LogP contribution is 2.27. The van der Waals surface area contributed by atoms with Crippen molar-refractivity contribution in [1.82, 2.24) is 14.5 Å². The second kappa shape index (κ2) is 7.78. The molecule has 0 bridgehead atoms. The van der Waals surface area contributed by atoms with E-state index in [0.29, 0.717) is 17.4 Å². The lowest BCUT2D eigenvalue weighted by Crippen LogP contribution is -2.31. The van der Waals surface area contributed by atoms with E-state index in [1.165, 1.54) is 0 Å². The third kappa shape index (κ3) is 3.43. The standard InChI is InChI=1S/C22H28N4O2/c1-15(2)16-9-3-4-10-17(16)23-21(27)19-18-11-5-6-14-26(18)20(24-19)22(28)25-12-7-8-13-25/h3-4,9-10,15H,5-8,11-14H2,1-2H3,(H,23,27). The molecule has 2 aromatic rings. The smallest absolute Gasteiger partial charge is 0.289 e. The topological polar surface area (TPSA) is 67.2 Å². The number of aromatic nitrogens is 2. The van der Waals surface area contributed by atoms with Crippen LogP contribution in [0.5, 0.6) is 0 Å². The molecule has 4 rings (SSSR count). The molecule has 3 heterocycles. The number of carbonyl (C=O) groups is 2. The highest BCUT2D eigenvalue weighted by atomic mass is 16.2. The normalized spacial score (nSPS) is 16.3. The molecule has 1 aromatic carbocycles. The maximum absolute atomic E-state index is 13.1. The van der Waals surface area contributed by atoms with Crippen LogP contribution < -0.4 is 5.32 Å². The number of hydrogen-bond acceptors (Lipinski definition) is 3. The van der Waals surface area contributed by atoms with E-state index in [4.69, 9.17) is 0 Å². The van der Waals surface area contributed by atoms with E-state index in [1.54, 1.807) is 0 Å². The average molecular weight is 380 g/mol. The maximum atomic E-state index is 13.1. The maximum Gasteiger partial charge on any atom is 0.289 e. The molecule has 0 unspecified atom stereocenters. The molecule has 28 heavy (non-hydrogen) atoms. The van der Waals surface area contributed by atoms with Crippen LogP contribution in [0.3, 0.4) is 0 Å². The van der Waals surface area contributed by atoms with Gasteiger partial charge in [0.05, 0.1) is 5.69 Å². The molecule has 2 aliphatic rings. The molecule has 0 aliphatic carbocycles. The van der Waals surface area contributed by atoms with Crippen molar-refractivity contribution in [2.75, 3.05) is 18.4 Å². The van der Waals surface area contributed by atoms with Gasteiger partial charge in [0.25, 0.3) is 11.8 Å². The van der Waals surface area contributed by atoms with Gasteiger partial charge in [0.2, 0.25) is 0 Å². The van der Waals surface area contributed by atoms with Crippen molar-refractivity contribution in [3.8, 4) is 0 Å². The van der Waals surface area contributed by atoms with Gasteiger partial charge >= 0.3 is 0 Å². The summed E-state index contributed by atoms with van der Waals surface area (Å²) in [6.07, 6.45) is 4.90. The molecule has 148 valence electrons. The second-order valence-corrected chi connectivity index (χ2v) is 8.03. The van der Waals surface area contributed by atoms with Crippen molar-refractivity contribution in [3.63, 3.8) is 0 Å². The lowest BCUT2D eigenvalue weighted by molar-refractivity contribution is 0.0774. The Morgan fingerprint density at radius 3 is 2.50 bits per heavy atom. The van der Waals surface area contributed by atoms with Crippen molar-refractivity contribution in [2.45, 2.75) is 58.4 Å². The summed E-state index contributed by atoms with van der Waals surface area (Å²) in [6, 6.07) is 7.86. The molecular formula is C22H28N4O2. The fourth-order valence-electron chi connectivity index (χ4n) is 4.25. The van der Waals surface area contributed by atoms with Crippen LogP contribution in [-0.2, 0) is 13.0 Å². The Labute approximate surface area is 165 Å². The predicted octanol–water partition coefficient (Wildman–Crippen LogP) is 3.83. The summed E-state index contributed by atoms with van der Waals surface area (Å²) in [7, 11) is 0. The van der Waals surface area contributed by atoms with Crippen molar-refractivity contribution in [3.05, 3.63) is 47.0 Å². The van der Waals surface area contributed by atoms with E-state index in [9.17, 15) is 9.59 Å². The molecule has 2 amide bonds. The summed E-state index contributed by atoms with van der Waals surface area (Å²) >= 11 is 0. The van der Waals surface area contributed by atoms with Gasteiger partial charge in [-0.25, -0.2) is 4.98 Å². The Hall–Kier alpha value is -2.63. The molecular weight excluding hydrogens is 352 g/mol. The van der Waals surface area contributed by atoms with Crippen LogP contribution in [0.1, 0.15) is 77.8 Å². The van der Waals surface area contributed by atoms with Gasteiger partial charge in [0.15, 0.2) is 11.5 Å². The number of nitrogens with zero attached hydrogens (tertiary/aromatic N) is 3. The van der Waals surface area contributed by atoms with Crippen molar-refractivity contribution < 1.29 is 9.59 Å². The van der Waals surface area contributed by atoms with Crippen LogP contribution in [0.2, 0.25) is 0 Å². The second-order valence-electron chi connectivity index (χ2n) is 8.03. The van der Waals surface area contributed by atoms with Crippen molar-refractivity contribution in [2.24, 2.45) is 0 Å². The molecule has 6 heteroatoms. The number of rotatable bonds is 4. The SMILES string of the molecule is CC(C)c1ccccc1NC(=O)c1nc(C(=O)N2CCCC2)n2c1CCCC2. The highest BCUT2D eigenvalue weighted by molar-refractivity contribution is 6.05. The quantitative estimate of drug-likeness (QED) is 0.876. The number of para-hydroxylation sites is 1. The third-order valence-electron chi connectivity index (χ3n) is 5.75. The first kappa shape index (κ1) is 18.7. The van der Waals surface area contributed by atoms with Crippen LogP contribution >= 0.6 is 0 Å². The third-order valence-corrected chi connectivity index (χ3v) is 5.75. The summed E-state index contributed by atoms with van der Waals surface area (Å²) in [5.41, 5.74) is 3.21. The van der Waals surface area contributed by atoms with Crippen LogP contribution in [-0.4, -0.2) is 39.4 Å². The number of likely N-dealkylation sites (tertiary alicyclic amines) is 1. The van der Waals surface area contributed by atoms with E-state index in [1.807, 2.05) is 33.7 Å². The molecule has 1 fully saturated rings. The monoisotopic (exact) mass is 380 g/mol. The Morgan fingerprint density at radius 1 is 1.04 bits per heavy atom. The summed E-state index contributed by atoms with van der Waals surface area (Å²) < 4.78 is 1.98. The lowest BCUT2D eigenvalue weighted by Gasteiger charge is -2.19. The summed E-state index contributed by atoms with van der Waals surface area (Å²) in [6.45, 7) is 6.54. The number of nitrogens with one attached hydrogen (secondary N) is 1. The molecule has 1 N–H and O–H groups in total. The van der Waals surface area contributed by atoms with Gasteiger partial charge < -0.3 is 14.8 Å². The molecule has 0 saturated carbocycles. The number of hydrogen-bond donors (Lipinski definition) is 1. The fraction of sp³-hybridized carbons (Fsp3) is 0.500. The van der Waals surface area contributed by atoms with E-state index >= 15 is 0 Å². The Kier molecular flexibility index (Phi) is 5.20. The molecule has 1 aromatic heterocycles. The Balaban J connectivity index is 1.66. The number of carbonyl (C=O) groups excluding carboxylic acids is 2. The highest BCUT2D eigenvalue weighted by Gasteiger charge is 2.31. The minimum absolute atomic E-state index is 0.0396. The average Bonchev–Trinajstić information content (AvgIpc) is 3.36. The van der Waals surface area contributed by atoms with E-state index < -0.39 is 0 Å². The van der Waals surface area contributed by atoms with Crippen molar-refractivity contribution in [1.29, 1.82) is 0 Å². The zero-order valence-corrected chi connectivity index (χ0v) is 16.7. The van der Waals surface area contributed by atoms with Gasteiger partial charge in [-0.2, -0.15) is 0 Å². The van der Waals surface area contributed by atoms with Gasteiger partial charge in [-0.15, -0.1) is 0 Å². The number of benzene rings is 1. The minimum atomic E-state index is -0.223. The first-order chi connectivity index (χ1) is 13.6.